The number of aliphatic imine (C=N–C) groups is 1. The third kappa shape index (κ3) is 6.78. The lowest BCUT2D eigenvalue weighted by atomic mass is 10.2. The van der Waals surface area contributed by atoms with Gasteiger partial charge < -0.3 is 20.1 Å². The van der Waals surface area contributed by atoms with E-state index in [-0.39, 0.29) is 0 Å². The summed E-state index contributed by atoms with van der Waals surface area (Å²) in [5.41, 5.74) is 1.07. The lowest BCUT2D eigenvalue weighted by Crippen LogP contribution is -2.43. The second kappa shape index (κ2) is 11.3. The molecule has 0 amide bonds. The molecule has 0 aliphatic heterocycles. The minimum Gasteiger partial charge on any atom is -0.496 e. The van der Waals surface area contributed by atoms with Gasteiger partial charge in [-0.1, -0.05) is 25.1 Å². The highest BCUT2D eigenvalue weighted by atomic mass is 32.2. The lowest BCUT2D eigenvalue weighted by molar-refractivity contribution is 0.123. The van der Waals surface area contributed by atoms with Crippen molar-refractivity contribution >= 4 is 17.7 Å². The molecule has 0 heterocycles. The zero-order chi connectivity index (χ0) is 17.9. The summed E-state index contributed by atoms with van der Waals surface area (Å²) in [6.45, 7) is 4.14. The zero-order valence-electron chi connectivity index (χ0n) is 15.6. The normalized spacial score (nSPS) is 20.5. The fraction of sp³-hybridized carbons (Fsp3) is 0.632. The summed E-state index contributed by atoms with van der Waals surface area (Å²) >= 11 is 2.07. The van der Waals surface area contributed by atoms with E-state index in [0.717, 1.165) is 29.1 Å². The van der Waals surface area contributed by atoms with Crippen molar-refractivity contribution in [2.45, 2.75) is 44.1 Å². The topological polar surface area (TPSA) is 54.9 Å². The maximum atomic E-state index is 5.75. The molecule has 5 nitrogen and oxygen atoms in total. The van der Waals surface area contributed by atoms with Crippen LogP contribution in [-0.4, -0.2) is 50.3 Å². The summed E-state index contributed by atoms with van der Waals surface area (Å²) in [4.78, 5) is 4.32. The molecule has 1 saturated carbocycles. The Labute approximate surface area is 156 Å². The monoisotopic (exact) mass is 365 g/mol. The van der Waals surface area contributed by atoms with Crippen LogP contribution in [0.2, 0.25) is 0 Å². The van der Waals surface area contributed by atoms with Gasteiger partial charge in [0, 0.05) is 30.4 Å². The third-order valence-electron chi connectivity index (χ3n) is 4.34. The number of thioether (sulfide) groups is 1. The largest absolute Gasteiger partial charge is 0.496 e. The molecular formula is C19H31N3O2S. The van der Waals surface area contributed by atoms with Crippen LogP contribution in [0.25, 0.3) is 0 Å². The number of hydrogen-bond donors (Lipinski definition) is 2. The van der Waals surface area contributed by atoms with E-state index in [4.69, 9.17) is 9.47 Å². The molecule has 1 aromatic rings. The molecule has 1 aliphatic rings. The summed E-state index contributed by atoms with van der Waals surface area (Å²) < 4.78 is 11.1. The highest BCUT2D eigenvalue weighted by Gasteiger charge is 2.24. The van der Waals surface area contributed by atoms with Gasteiger partial charge in [0.05, 0.1) is 20.3 Å². The second-order valence-electron chi connectivity index (χ2n) is 6.10. The SMILES string of the molecule is CCSC1CCC(NC(=NC)NCCOCc2ccccc2OC)C1. The standard InChI is InChI=1S/C19H31N3O2S/c1-4-25-17-10-9-16(13-17)22-19(20-2)21-11-12-24-14-15-7-5-6-8-18(15)23-3/h5-8,16-17H,4,9-14H2,1-3H3,(H2,20,21,22). The van der Waals surface area contributed by atoms with Crippen LogP contribution in [0.1, 0.15) is 31.7 Å². The Bertz CT molecular complexity index is 539. The first-order valence-corrected chi connectivity index (χ1v) is 10.1. The van der Waals surface area contributed by atoms with Gasteiger partial charge in [-0.15, -0.1) is 0 Å². The van der Waals surface area contributed by atoms with E-state index in [1.807, 2.05) is 31.3 Å². The maximum absolute atomic E-state index is 5.75. The number of guanidine groups is 1. The Kier molecular flexibility index (Phi) is 8.97. The molecule has 2 atom stereocenters. The van der Waals surface area contributed by atoms with Gasteiger partial charge in [0.1, 0.15) is 5.75 Å². The molecule has 1 aromatic carbocycles. The van der Waals surface area contributed by atoms with E-state index in [0.29, 0.717) is 19.3 Å². The summed E-state index contributed by atoms with van der Waals surface area (Å²) in [5.74, 6) is 2.94. The predicted octanol–water partition coefficient (Wildman–Crippen LogP) is 3.05. The molecule has 0 radical (unpaired) electrons. The first kappa shape index (κ1) is 19.9. The van der Waals surface area contributed by atoms with Crippen LogP contribution in [0.15, 0.2) is 29.3 Å². The van der Waals surface area contributed by atoms with Crippen LogP contribution in [0.5, 0.6) is 5.75 Å². The predicted molar refractivity (Wildman–Crippen MR) is 107 cm³/mol. The maximum Gasteiger partial charge on any atom is 0.191 e. The van der Waals surface area contributed by atoms with Crippen LogP contribution in [0.3, 0.4) is 0 Å². The molecule has 2 rings (SSSR count). The Balaban J connectivity index is 1.63. The molecular weight excluding hydrogens is 334 g/mol. The molecule has 2 unspecified atom stereocenters. The van der Waals surface area contributed by atoms with Gasteiger partial charge in [-0.2, -0.15) is 11.8 Å². The van der Waals surface area contributed by atoms with E-state index in [1.54, 1.807) is 7.11 Å². The minimum atomic E-state index is 0.532. The number of nitrogens with zero attached hydrogens (tertiary/aromatic N) is 1. The van der Waals surface area contributed by atoms with Crippen molar-refractivity contribution in [1.29, 1.82) is 0 Å². The molecule has 0 aromatic heterocycles. The molecule has 1 fully saturated rings. The van der Waals surface area contributed by atoms with Crippen LogP contribution in [0.4, 0.5) is 0 Å². The lowest BCUT2D eigenvalue weighted by Gasteiger charge is -2.17. The molecule has 0 bridgehead atoms. The smallest absolute Gasteiger partial charge is 0.191 e. The number of hydrogen-bond acceptors (Lipinski definition) is 4. The summed E-state index contributed by atoms with van der Waals surface area (Å²) in [6.07, 6.45) is 3.75. The quantitative estimate of drug-likeness (QED) is 0.400. The fourth-order valence-corrected chi connectivity index (χ4v) is 4.23. The average Bonchev–Trinajstić information content (AvgIpc) is 3.08. The van der Waals surface area contributed by atoms with Crippen molar-refractivity contribution in [2.75, 3.05) is 33.1 Å². The van der Waals surface area contributed by atoms with Crippen molar-refractivity contribution in [1.82, 2.24) is 10.6 Å². The summed E-state index contributed by atoms with van der Waals surface area (Å²) in [7, 11) is 3.50. The first-order valence-electron chi connectivity index (χ1n) is 9.05. The zero-order valence-corrected chi connectivity index (χ0v) is 16.4. The van der Waals surface area contributed by atoms with Crippen LogP contribution < -0.4 is 15.4 Å². The highest BCUT2D eigenvalue weighted by molar-refractivity contribution is 7.99. The first-order chi connectivity index (χ1) is 12.3. The fourth-order valence-electron chi connectivity index (χ4n) is 3.09. The van der Waals surface area contributed by atoms with E-state index in [1.165, 1.54) is 25.0 Å². The second-order valence-corrected chi connectivity index (χ2v) is 7.67. The molecule has 0 saturated heterocycles. The average molecular weight is 366 g/mol. The van der Waals surface area contributed by atoms with Gasteiger partial charge >= 0.3 is 0 Å². The van der Waals surface area contributed by atoms with Crippen LogP contribution in [0, 0.1) is 0 Å². The highest BCUT2D eigenvalue weighted by Crippen LogP contribution is 2.29. The third-order valence-corrected chi connectivity index (χ3v) is 5.57. The summed E-state index contributed by atoms with van der Waals surface area (Å²) in [5, 5.41) is 7.66. The van der Waals surface area contributed by atoms with Crippen molar-refractivity contribution < 1.29 is 9.47 Å². The van der Waals surface area contributed by atoms with E-state index in [2.05, 4.69) is 34.3 Å². The van der Waals surface area contributed by atoms with Gasteiger partial charge in [0.2, 0.25) is 0 Å². The van der Waals surface area contributed by atoms with E-state index < -0.39 is 0 Å². The van der Waals surface area contributed by atoms with Crippen LogP contribution in [-0.2, 0) is 11.3 Å². The number of para-hydroxylation sites is 1. The van der Waals surface area contributed by atoms with Gasteiger partial charge in [-0.25, -0.2) is 0 Å². The Morgan fingerprint density at radius 3 is 2.92 bits per heavy atom. The van der Waals surface area contributed by atoms with Crippen molar-refractivity contribution in [3.8, 4) is 5.75 Å². The van der Waals surface area contributed by atoms with Gasteiger partial charge in [-0.05, 0) is 31.1 Å². The molecule has 0 spiro atoms. The van der Waals surface area contributed by atoms with E-state index >= 15 is 0 Å². The van der Waals surface area contributed by atoms with Gasteiger partial charge in [0.15, 0.2) is 5.96 Å². The molecule has 140 valence electrons. The Morgan fingerprint density at radius 2 is 2.16 bits per heavy atom. The Morgan fingerprint density at radius 1 is 1.32 bits per heavy atom. The number of rotatable bonds is 9. The van der Waals surface area contributed by atoms with Crippen molar-refractivity contribution in [2.24, 2.45) is 4.99 Å². The summed E-state index contributed by atoms with van der Waals surface area (Å²) in [6, 6.07) is 8.47. The number of benzene rings is 1. The van der Waals surface area contributed by atoms with Gasteiger partial charge in [0.25, 0.3) is 0 Å². The minimum absolute atomic E-state index is 0.532. The van der Waals surface area contributed by atoms with Gasteiger partial charge in [-0.3, -0.25) is 4.99 Å². The van der Waals surface area contributed by atoms with Crippen LogP contribution >= 0.6 is 11.8 Å². The molecule has 1 aliphatic carbocycles. The van der Waals surface area contributed by atoms with Crippen molar-refractivity contribution in [3.05, 3.63) is 29.8 Å². The number of ether oxygens (including phenoxy) is 2. The number of nitrogens with one attached hydrogen (secondary N) is 2. The van der Waals surface area contributed by atoms with E-state index in [9.17, 15) is 0 Å². The number of methoxy groups -OCH3 is 1. The molecule has 2 N–H and O–H groups in total. The molecule has 6 heteroatoms. The molecule has 25 heavy (non-hydrogen) atoms. The van der Waals surface area contributed by atoms with Crippen molar-refractivity contribution in [3.63, 3.8) is 0 Å². The Hall–Kier alpha value is -1.40.